The maximum Gasteiger partial charge on any atom is 0.295 e. The maximum atomic E-state index is 12.7. The molecule has 15 heteroatoms. The van der Waals surface area contributed by atoms with Crippen LogP contribution in [0.2, 0.25) is 0 Å². The van der Waals surface area contributed by atoms with Crippen LogP contribution >= 0.6 is 11.8 Å². The van der Waals surface area contributed by atoms with E-state index >= 15 is 0 Å². The summed E-state index contributed by atoms with van der Waals surface area (Å²) >= 11 is 1.58. The first-order chi connectivity index (χ1) is 26.1. The predicted octanol–water partition coefficient (Wildman–Crippen LogP) is 5.74. The van der Waals surface area contributed by atoms with Crippen LogP contribution < -0.4 is 20.8 Å². The number of hydrazone groups is 1. The normalized spacial score (nSPS) is 11.4. The first-order valence-electron chi connectivity index (χ1n) is 16.8. The van der Waals surface area contributed by atoms with Crippen molar-refractivity contribution >= 4 is 51.8 Å². The molecule has 0 aliphatic carbocycles. The molecule has 2 amide bonds. The molecule has 0 saturated carbocycles. The van der Waals surface area contributed by atoms with Crippen LogP contribution in [0.1, 0.15) is 39.3 Å². The molecule has 5 N–H and O–H groups in total. The van der Waals surface area contributed by atoms with Crippen molar-refractivity contribution in [1.82, 2.24) is 20.6 Å². The molecule has 0 atom stereocenters. The van der Waals surface area contributed by atoms with Gasteiger partial charge in [0.1, 0.15) is 27.9 Å². The van der Waals surface area contributed by atoms with Gasteiger partial charge in [-0.3, -0.25) is 19.6 Å². The Morgan fingerprint density at radius 1 is 0.889 bits per heavy atom. The zero-order chi connectivity index (χ0) is 38.2. The van der Waals surface area contributed by atoms with E-state index in [1.54, 1.807) is 42.1 Å². The molecule has 2 aromatic heterocycles. The molecule has 13 nitrogen and oxygen atoms in total. The Hall–Kier alpha value is -6.03. The van der Waals surface area contributed by atoms with Gasteiger partial charge >= 0.3 is 0 Å². The van der Waals surface area contributed by atoms with Crippen LogP contribution in [0.25, 0.3) is 6.08 Å². The van der Waals surface area contributed by atoms with Crippen LogP contribution in [0.3, 0.4) is 0 Å². The Morgan fingerprint density at radius 2 is 1.65 bits per heavy atom. The first kappa shape index (κ1) is 39.2. The van der Waals surface area contributed by atoms with E-state index in [1.807, 2.05) is 54.6 Å². The summed E-state index contributed by atoms with van der Waals surface area (Å²) in [7, 11) is -4.41. The number of nitrogens with one attached hydrogen (secondary N) is 3. The van der Waals surface area contributed by atoms with Gasteiger partial charge in [0.15, 0.2) is 0 Å². The Kier molecular flexibility index (Phi) is 14.3. The summed E-state index contributed by atoms with van der Waals surface area (Å²) in [6.07, 6.45) is 6.82. The highest BCUT2D eigenvalue weighted by molar-refractivity contribution is 7.98. The average molecular weight is 767 g/mol. The highest BCUT2D eigenvalue weighted by Crippen LogP contribution is 2.26. The minimum absolute atomic E-state index is 0.185. The summed E-state index contributed by atoms with van der Waals surface area (Å²) in [6.45, 7) is 1.07. The van der Waals surface area contributed by atoms with Crippen LogP contribution in [-0.4, -0.2) is 65.8 Å². The molecule has 0 unspecified atom stereocenters. The van der Waals surface area contributed by atoms with Gasteiger partial charge in [-0.05, 0) is 72.7 Å². The molecule has 278 valence electrons. The number of phenolic OH excluding ortho intramolecular Hbond substituents is 1. The van der Waals surface area contributed by atoms with E-state index in [0.717, 1.165) is 16.2 Å². The van der Waals surface area contributed by atoms with Crippen LogP contribution in [-0.2, 0) is 27.1 Å². The van der Waals surface area contributed by atoms with Crippen molar-refractivity contribution in [2.75, 3.05) is 25.1 Å². The summed E-state index contributed by atoms with van der Waals surface area (Å²) in [6, 6.07) is 29.6. The summed E-state index contributed by atoms with van der Waals surface area (Å²) in [5, 5.41) is 19.1. The summed E-state index contributed by atoms with van der Waals surface area (Å²) in [4.78, 5) is 34.9. The number of carbonyl (C=O) groups is 2. The number of hydrogen-bond donors (Lipinski definition) is 5. The zero-order valence-electron chi connectivity index (χ0n) is 29.0. The quantitative estimate of drug-likeness (QED) is 0.0183. The van der Waals surface area contributed by atoms with Crippen molar-refractivity contribution in [3.8, 4) is 11.5 Å². The van der Waals surface area contributed by atoms with Crippen molar-refractivity contribution in [2.45, 2.75) is 28.4 Å². The van der Waals surface area contributed by atoms with Crippen molar-refractivity contribution in [2.24, 2.45) is 5.10 Å². The van der Waals surface area contributed by atoms with Gasteiger partial charge < -0.3 is 20.5 Å². The van der Waals surface area contributed by atoms with E-state index in [2.05, 4.69) is 26.1 Å². The Bertz CT molecular complexity index is 2180. The minimum atomic E-state index is -4.41. The number of hydrogen-bond acceptors (Lipinski definition) is 11. The zero-order valence-corrected chi connectivity index (χ0v) is 30.6. The van der Waals surface area contributed by atoms with Gasteiger partial charge in [-0.1, -0.05) is 48.5 Å². The molecule has 5 aromatic rings. The second-order valence-corrected chi connectivity index (χ2v) is 14.0. The van der Waals surface area contributed by atoms with E-state index in [1.165, 1.54) is 42.8 Å². The van der Waals surface area contributed by atoms with E-state index in [4.69, 9.17) is 9.72 Å². The molecule has 0 aliphatic rings. The molecule has 3 aromatic carbocycles. The van der Waals surface area contributed by atoms with Crippen molar-refractivity contribution < 1.29 is 32.4 Å². The van der Waals surface area contributed by atoms with Crippen molar-refractivity contribution in [3.05, 3.63) is 143 Å². The van der Waals surface area contributed by atoms with E-state index < -0.39 is 10.1 Å². The predicted molar refractivity (Wildman–Crippen MR) is 208 cm³/mol. The smallest absolute Gasteiger partial charge is 0.295 e. The van der Waals surface area contributed by atoms with Gasteiger partial charge in [0.25, 0.3) is 16.0 Å². The second kappa shape index (κ2) is 19.7. The molecule has 0 spiro atoms. The van der Waals surface area contributed by atoms with Crippen LogP contribution in [0.5, 0.6) is 11.5 Å². The van der Waals surface area contributed by atoms with Crippen molar-refractivity contribution in [1.29, 1.82) is 0 Å². The number of pyridine rings is 2. The standard InChI is InChI=1S/C39H38N6O7S2/c46-32-13-15-33(16-14-32)53-27-31-12-18-35(52-24-21-28-7-2-1-3-8-28)34(44-31)17-20-38(47)40-22-6-23-41-39(48)30-11-19-37(42-25-30)45-43-26-29-9-4-5-10-36(29)54(49,50)51/h1-5,7-20,25-26,46H,6,21-24,27H2,(H,40,47)(H,41,48)(H,42,45)(H,49,50,51)/b20-17+,43-26+. The lowest BCUT2D eigenvalue weighted by Gasteiger charge is -2.11. The number of rotatable bonds is 18. The molecular formula is C39H38N6O7S2. The number of anilines is 1. The SMILES string of the molecule is O=C(/C=C/c1nc(CSc2ccc(O)cc2)ccc1OCCc1ccccc1)NCCCNC(=O)c1ccc(N/N=C/c2ccccc2S(=O)(=O)O)nc1. The highest BCUT2D eigenvalue weighted by atomic mass is 32.2. The van der Waals surface area contributed by atoms with Crippen LogP contribution in [0, 0.1) is 0 Å². The van der Waals surface area contributed by atoms with Gasteiger partial charge in [0, 0.05) is 48.0 Å². The number of aromatic nitrogens is 2. The first-order valence-corrected chi connectivity index (χ1v) is 19.2. The molecule has 0 radical (unpaired) electrons. The molecule has 54 heavy (non-hydrogen) atoms. The van der Waals surface area contributed by atoms with Crippen molar-refractivity contribution in [3.63, 3.8) is 0 Å². The van der Waals surface area contributed by atoms with Gasteiger partial charge in [-0.25, -0.2) is 9.97 Å². The van der Waals surface area contributed by atoms with E-state index in [0.29, 0.717) is 61.1 Å². The Labute approximate surface area is 317 Å². The van der Waals surface area contributed by atoms with Gasteiger partial charge in [-0.2, -0.15) is 13.5 Å². The maximum absolute atomic E-state index is 12.7. The van der Waals surface area contributed by atoms with Crippen LogP contribution in [0.15, 0.2) is 130 Å². The average Bonchev–Trinajstić information content (AvgIpc) is 3.17. The Balaban J connectivity index is 1.07. The number of benzene rings is 3. The molecular weight excluding hydrogens is 729 g/mol. The molecule has 0 bridgehead atoms. The van der Waals surface area contributed by atoms with Crippen LogP contribution in [0.4, 0.5) is 5.82 Å². The molecule has 0 fully saturated rings. The lowest BCUT2D eigenvalue weighted by Crippen LogP contribution is -2.29. The fraction of sp³-hybridized carbons (Fsp3) is 0.154. The number of thioether (sulfide) groups is 1. The Morgan fingerprint density at radius 3 is 2.41 bits per heavy atom. The lowest BCUT2D eigenvalue weighted by molar-refractivity contribution is -0.116. The third-order valence-electron chi connectivity index (χ3n) is 7.59. The highest BCUT2D eigenvalue weighted by Gasteiger charge is 2.13. The number of nitrogens with zero attached hydrogens (tertiary/aromatic N) is 3. The second-order valence-electron chi connectivity index (χ2n) is 11.6. The number of ether oxygens (including phenoxy) is 1. The number of phenols is 1. The number of amides is 2. The molecule has 5 rings (SSSR count). The third-order valence-corrected chi connectivity index (χ3v) is 9.57. The van der Waals surface area contributed by atoms with E-state index in [-0.39, 0.29) is 28.0 Å². The van der Waals surface area contributed by atoms with Gasteiger partial charge in [0.05, 0.1) is 24.1 Å². The molecule has 0 aliphatic heterocycles. The fourth-order valence-corrected chi connectivity index (χ4v) is 6.32. The molecule has 2 heterocycles. The van der Waals surface area contributed by atoms with Gasteiger partial charge in [0.2, 0.25) is 5.91 Å². The lowest BCUT2D eigenvalue weighted by atomic mass is 10.2. The monoisotopic (exact) mass is 766 g/mol. The topological polar surface area (TPSA) is 192 Å². The summed E-state index contributed by atoms with van der Waals surface area (Å²) in [5.41, 5.74) is 5.62. The third kappa shape index (κ3) is 12.6. The number of aromatic hydroxyl groups is 1. The van der Waals surface area contributed by atoms with Gasteiger partial charge in [-0.15, -0.1) is 11.8 Å². The summed E-state index contributed by atoms with van der Waals surface area (Å²) in [5.74, 6) is 0.985. The number of carbonyl (C=O) groups excluding carboxylic acids is 2. The van der Waals surface area contributed by atoms with E-state index in [9.17, 15) is 27.7 Å². The largest absolute Gasteiger partial charge is 0.508 e. The fourth-order valence-electron chi connectivity index (χ4n) is 4.85. The molecule has 0 saturated heterocycles. The summed E-state index contributed by atoms with van der Waals surface area (Å²) < 4.78 is 38.5. The minimum Gasteiger partial charge on any atom is -0.508 e.